The highest BCUT2D eigenvalue weighted by Gasteiger charge is 2.09. The zero-order valence-corrected chi connectivity index (χ0v) is 13.4. The SMILES string of the molecule is CNC(=O)c1cccc(NC(C)c2ccc(F)c(Br)c2)c1. The van der Waals surface area contributed by atoms with E-state index in [4.69, 9.17) is 0 Å². The summed E-state index contributed by atoms with van der Waals surface area (Å²) < 4.78 is 13.7. The summed E-state index contributed by atoms with van der Waals surface area (Å²) in [6.45, 7) is 1.98. The second-order valence-electron chi connectivity index (χ2n) is 4.70. The normalized spacial score (nSPS) is 11.8. The summed E-state index contributed by atoms with van der Waals surface area (Å²) in [6.07, 6.45) is 0. The second kappa shape index (κ2) is 6.72. The summed E-state index contributed by atoms with van der Waals surface area (Å²) in [6, 6.07) is 12.1. The smallest absolute Gasteiger partial charge is 0.251 e. The van der Waals surface area contributed by atoms with Crippen LogP contribution in [0.5, 0.6) is 0 Å². The maximum absolute atomic E-state index is 13.3. The molecule has 0 radical (unpaired) electrons. The number of halogens is 2. The van der Waals surface area contributed by atoms with Crippen molar-refractivity contribution in [3.05, 3.63) is 63.9 Å². The standard InChI is InChI=1S/C16H16BrFN2O/c1-10(11-6-7-15(18)14(17)9-11)20-13-5-3-4-12(8-13)16(21)19-2/h3-10,20H,1-2H3,(H,19,21). The number of nitrogens with one attached hydrogen (secondary N) is 2. The van der Waals surface area contributed by atoms with Crippen LogP contribution in [0.2, 0.25) is 0 Å². The maximum Gasteiger partial charge on any atom is 0.251 e. The Hall–Kier alpha value is -1.88. The van der Waals surface area contributed by atoms with Crippen LogP contribution in [0, 0.1) is 5.82 Å². The molecule has 2 aromatic carbocycles. The monoisotopic (exact) mass is 350 g/mol. The van der Waals surface area contributed by atoms with Gasteiger partial charge in [-0.05, 0) is 58.7 Å². The minimum absolute atomic E-state index is 0.0122. The van der Waals surface area contributed by atoms with E-state index >= 15 is 0 Å². The van der Waals surface area contributed by atoms with Gasteiger partial charge in [-0.3, -0.25) is 4.79 Å². The number of carbonyl (C=O) groups is 1. The fourth-order valence-electron chi connectivity index (χ4n) is 2.01. The third kappa shape index (κ3) is 3.82. The molecule has 1 amide bonds. The van der Waals surface area contributed by atoms with Crippen LogP contribution >= 0.6 is 15.9 Å². The largest absolute Gasteiger partial charge is 0.379 e. The molecule has 0 saturated carbocycles. The summed E-state index contributed by atoms with van der Waals surface area (Å²) in [5.41, 5.74) is 2.38. The van der Waals surface area contributed by atoms with Crippen molar-refractivity contribution in [2.24, 2.45) is 0 Å². The van der Waals surface area contributed by atoms with E-state index in [1.165, 1.54) is 6.07 Å². The fourth-order valence-corrected chi connectivity index (χ4v) is 2.41. The lowest BCUT2D eigenvalue weighted by Crippen LogP contribution is -2.18. The average Bonchev–Trinajstić information content (AvgIpc) is 2.49. The van der Waals surface area contributed by atoms with Gasteiger partial charge in [-0.25, -0.2) is 4.39 Å². The van der Waals surface area contributed by atoms with Gasteiger partial charge < -0.3 is 10.6 Å². The first kappa shape index (κ1) is 15.5. The predicted molar refractivity (Wildman–Crippen MR) is 86.0 cm³/mol. The molecular weight excluding hydrogens is 335 g/mol. The van der Waals surface area contributed by atoms with E-state index in [0.29, 0.717) is 10.0 Å². The van der Waals surface area contributed by atoms with Crippen molar-refractivity contribution in [1.29, 1.82) is 0 Å². The first-order chi connectivity index (χ1) is 10.0. The third-order valence-electron chi connectivity index (χ3n) is 3.18. The van der Waals surface area contributed by atoms with E-state index < -0.39 is 0 Å². The van der Waals surface area contributed by atoms with Gasteiger partial charge in [-0.2, -0.15) is 0 Å². The van der Waals surface area contributed by atoms with Crippen molar-refractivity contribution in [3.8, 4) is 0 Å². The van der Waals surface area contributed by atoms with E-state index in [1.807, 2.05) is 19.1 Å². The van der Waals surface area contributed by atoms with Crippen molar-refractivity contribution < 1.29 is 9.18 Å². The van der Waals surface area contributed by atoms with Crippen LogP contribution in [0.25, 0.3) is 0 Å². The van der Waals surface area contributed by atoms with Crippen LogP contribution in [0.3, 0.4) is 0 Å². The molecule has 0 saturated heterocycles. The molecule has 0 heterocycles. The van der Waals surface area contributed by atoms with Crippen LogP contribution in [-0.4, -0.2) is 13.0 Å². The highest BCUT2D eigenvalue weighted by atomic mass is 79.9. The number of amides is 1. The van der Waals surface area contributed by atoms with E-state index in [0.717, 1.165) is 11.3 Å². The van der Waals surface area contributed by atoms with Gasteiger partial charge in [0.05, 0.1) is 4.47 Å². The van der Waals surface area contributed by atoms with Crippen molar-refractivity contribution >= 4 is 27.5 Å². The van der Waals surface area contributed by atoms with Crippen molar-refractivity contribution in [3.63, 3.8) is 0 Å². The molecule has 2 aromatic rings. The Morgan fingerprint density at radius 2 is 2.00 bits per heavy atom. The van der Waals surface area contributed by atoms with Crippen molar-refractivity contribution in [2.45, 2.75) is 13.0 Å². The number of carbonyl (C=O) groups excluding carboxylic acids is 1. The third-order valence-corrected chi connectivity index (χ3v) is 3.79. The Morgan fingerprint density at radius 3 is 2.67 bits per heavy atom. The number of anilines is 1. The van der Waals surface area contributed by atoms with Gasteiger partial charge in [0.15, 0.2) is 0 Å². The van der Waals surface area contributed by atoms with Crippen LogP contribution in [0.4, 0.5) is 10.1 Å². The Morgan fingerprint density at radius 1 is 1.24 bits per heavy atom. The topological polar surface area (TPSA) is 41.1 Å². The first-order valence-corrected chi connectivity index (χ1v) is 7.34. The molecule has 2 rings (SSSR count). The van der Waals surface area contributed by atoms with Crippen LogP contribution in [-0.2, 0) is 0 Å². The lowest BCUT2D eigenvalue weighted by atomic mass is 10.1. The van der Waals surface area contributed by atoms with Gasteiger partial charge in [0.2, 0.25) is 0 Å². The Labute approximate surface area is 131 Å². The first-order valence-electron chi connectivity index (χ1n) is 6.55. The Kier molecular flexibility index (Phi) is 4.96. The highest BCUT2D eigenvalue weighted by molar-refractivity contribution is 9.10. The molecule has 0 bridgehead atoms. The molecule has 2 N–H and O–H groups in total. The van der Waals surface area contributed by atoms with Crippen molar-refractivity contribution in [2.75, 3.05) is 12.4 Å². The van der Waals surface area contributed by atoms with Gasteiger partial charge in [-0.1, -0.05) is 12.1 Å². The summed E-state index contributed by atoms with van der Waals surface area (Å²) in [7, 11) is 1.60. The van der Waals surface area contributed by atoms with E-state index in [2.05, 4.69) is 26.6 Å². The van der Waals surface area contributed by atoms with Crippen LogP contribution < -0.4 is 10.6 Å². The van der Waals surface area contributed by atoms with Gasteiger partial charge in [0.25, 0.3) is 5.91 Å². The molecule has 0 aliphatic rings. The zero-order valence-electron chi connectivity index (χ0n) is 11.8. The molecule has 21 heavy (non-hydrogen) atoms. The zero-order chi connectivity index (χ0) is 15.4. The minimum atomic E-state index is -0.285. The molecule has 1 unspecified atom stereocenters. The minimum Gasteiger partial charge on any atom is -0.379 e. The second-order valence-corrected chi connectivity index (χ2v) is 5.55. The molecule has 0 aromatic heterocycles. The molecule has 3 nitrogen and oxygen atoms in total. The molecule has 0 aliphatic carbocycles. The van der Waals surface area contributed by atoms with Gasteiger partial charge in [0, 0.05) is 24.3 Å². The Balaban J connectivity index is 2.17. The predicted octanol–water partition coefficient (Wildman–Crippen LogP) is 4.12. The van der Waals surface area contributed by atoms with Gasteiger partial charge in [-0.15, -0.1) is 0 Å². The summed E-state index contributed by atoms with van der Waals surface area (Å²) in [5.74, 6) is -0.414. The van der Waals surface area contributed by atoms with E-state index in [-0.39, 0.29) is 17.8 Å². The molecule has 5 heteroatoms. The van der Waals surface area contributed by atoms with Crippen LogP contribution in [0.15, 0.2) is 46.9 Å². The number of hydrogen-bond acceptors (Lipinski definition) is 2. The Bertz CT molecular complexity index is 660. The van der Waals surface area contributed by atoms with Gasteiger partial charge in [0.1, 0.15) is 5.82 Å². The van der Waals surface area contributed by atoms with E-state index in [9.17, 15) is 9.18 Å². The number of rotatable bonds is 4. The van der Waals surface area contributed by atoms with E-state index in [1.54, 1.807) is 31.3 Å². The lowest BCUT2D eigenvalue weighted by Gasteiger charge is -2.16. The molecular formula is C16H16BrFN2O. The summed E-state index contributed by atoms with van der Waals surface area (Å²) >= 11 is 3.18. The van der Waals surface area contributed by atoms with Gasteiger partial charge >= 0.3 is 0 Å². The summed E-state index contributed by atoms with van der Waals surface area (Å²) in [5, 5.41) is 5.89. The summed E-state index contributed by atoms with van der Waals surface area (Å²) in [4.78, 5) is 11.6. The number of hydrogen-bond donors (Lipinski definition) is 2. The fraction of sp³-hybridized carbons (Fsp3) is 0.188. The highest BCUT2D eigenvalue weighted by Crippen LogP contribution is 2.24. The quantitative estimate of drug-likeness (QED) is 0.870. The average molecular weight is 351 g/mol. The molecule has 0 aliphatic heterocycles. The maximum atomic E-state index is 13.3. The molecule has 0 fully saturated rings. The molecule has 0 spiro atoms. The lowest BCUT2D eigenvalue weighted by molar-refractivity contribution is 0.0963. The molecule has 110 valence electrons. The van der Waals surface area contributed by atoms with Crippen LogP contribution in [0.1, 0.15) is 28.9 Å². The van der Waals surface area contributed by atoms with Crippen molar-refractivity contribution in [1.82, 2.24) is 5.32 Å². The molecule has 1 atom stereocenters. The number of benzene rings is 2.